The van der Waals surface area contributed by atoms with Crippen LogP contribution in [0.1, 0.15) is 32.4 Å². The fourth-order valence-electron chi connectivity index (χ4n) is 1.57. The average molecular weight is 226 g/mol. The Kier molecular flexibility index (Phi) is 4.44. The first-order valence-electron chi connectivity index (χ1n) is 5.58. The molecule has 0 saturated carbocycles. The quantitative estimate of drug-likeness (QED) is 0.812. The van der Waals surface area contributed by atoms with Crippen LogP contribution in [0.25, 0.3) is 0 Å². The van der Waals surface area contributed by atoms with Crippen LogP contribution in [0.3, 0.4) is 0 Å². The van der Waals surface area contributed by atoms with Crippen LogP contribution < -0.4 is 5.73 Å². The molecule has 0 aliphatic carbocycles. The van der Waals surface area contributed by atoms with Gasteiger partial charge in [-0.05, 0) is 5.41 Å². The van der Waals surface area contributed by atoms with Gasteiger partial charge in [-0.25, -0.2) is 0 Å². The molecule has 0 atom stereocenters. The Bertz CT molecular complexity index is 327. The number of ether oxygens (including phenoxy) is 1. The number of hydrogen-bond acceptors (Lipinski definition) is 4. The van der Waals surface area contributed by atoms with Gasteiger partial charge in [0.15, 0.2) is 0 Å². The van der Waals surface area contributed by atoms with Crippen molar-refractivity contribution in [2.45, 2.75) is 40.3 Å². The molecular formula is C11H22N4O. The highest BCUT2D eigenvalue weighted by molar-refractivity contribution is 4.98. The molecule has 0 radical (unpaired) electrons. The second kappa shape index (κ2) is 5.41. The van der Waals surface area contributed by atoms with E-state index >= 15 is 0 Å². The van der Waals surface area contributed by atoms with Gasteiger partial charge in [-0.3, -0.25) is 0 Å². The summed E-state index contributed by atoms with van der Waals surface area (Å²) < 4.78 is 7.15. The lowest BCUT2D eigenvalue weighted by molar-refractivity contribution is 0.184. The summed E-state index contributed by atoms with van der Waals surface area (Å²) in [5.41, 5.74) is 5.83. The second-order valence-electron chi connectivity index (χ2n) is 5.12. The normalized spacial score (nSPS) is 12.1. The summed E-state index contributed by atoms with van der Waals surface area (Å²) in [6.45, 7) is 8.39. The first kappa shape index (κ1) is 13.1. The SMILES string of the molecule is COCCn1c(CN)nnc1CC(C)(C)C. The number of methoxy groups -OCH3 is 1. The van der Waals surface area contributed by atoms with Crippen LogP contribution in [0.5, 0.6) is 0 Å². The molecular weight excluding hydrogens is 204 g/mol. The van der Waals surface area contributed by atoms with Gasteiger partial charge in [-0.2, -0.15) is 0 Å². The van der Waals surface area contributed by atoms with Gasteiger partial charge in [-0.15, -0.1) is 10.2 Å². The first-order chi connectivity index (χ1) is 7.48. The van der Waals surface area contributed by atoms with E-state index in [-0.39, 0.29) is 5.41 Å². The summed E-state index contributed by atoms with van der Waals surface area (Å²) in [6, 6.07) is 0. The van der Waals surface area contributed by atoms with Crippen molar-refractivity contribution in [1.82, 2.24) is 14.8 Å². The van der Waals surface area contributed by atoms with Crippen molar-refractivity contribution in [2.75, 3.05) is 13.7 Å². The zero-order valence-electron chi connectivity index (χ0n) is 10.7. The Labute approximate surface area is 97.0 Å². The van der Waals surface area contributed by atoms with Gasteiger partial charge in [0.25, 0.3) is 0 Å². The zero-order chi connectivity index (χ0) is 12.2. The second-order valence-corrected chi connectivity index (χ2v) is 5.12. The summed E-state index contributed by atoms with van der Waals surface area (Å²) in [6.07, 6.45) is 0.893. The van der Waals surface area contributed by atoms with Gasteiger partial charge >= 0.3 is 0 Å². The summed E-state index contributed by atoms with van der Waals surface area (Å²) in [4.78, 5) is 0. The molecule has 0 unspecified atom stereocenters. The predicted octanol–water partition coefficient (Wildman–Crippen LogP) is 0.972. The topological polar surface area (TPSA) is 66.0 Å². The van der Waals surface area contributed by atoms with Crippen molar-refractivity contribution in [3.8, 4) is 0 Å². The molecule has 0 aliphatic heterocycles. The highest BCUT2D eigenvalue weighted by Gasteiger charge is 2.18. The number of rotatable bonds is 5. The molecule has 0 aromatic carbocycles. The number of nitrogens with zero attached hydrogens (tertiary/aromatic N) is 3. The van der Waals surface area contributed by atoms with Crippen molar-refractivity contribution in [3.63, 3.8) is 0 Å². The molecule has 0 amide bonds. The van der Waals surface area contributed by atoms with Gasteiger partial charge in [0.05, 0.1) is 13.2 Å². The van der Waals surface area contributed by atoms with Crippen LogP contribution in [-0.2, 0) is 24.2 Å². The smallest absolute Gasteiger partial charge is 0.146 e. The van der Waals surface area contributed by atoms with E-state index in [2.05, 4.69) is 35.5 Å². The minimum absolute atomic E-state index is 0.198. The summed E-state index contributed by atoms with van der Waals surface area (Å²) in [5, 5.41) is 8.31. The molecule has 1 heterocycles. The average Bonchev–Trinajstić information content (AvgIpc) is 2.55. The van der Waals surface area contributed by atoms with Crippen LogP contribution in [0.2, 0.25) is 0 Å². The number of hydrogen-bond donors (Lipinski definition) is 1. The molecule has 16 heavy (non-hydrogen) atoms. The van der Waals surface area contributed by atoms with E-state index in [0.29, 0.717) is 13.2 Å². The lowest BCUT2D eigenvalue weighted by Gasteiger charge is -2.18. The van der Waals surface area contributed by atoms with E-state index in [1.54, 1.807) is 7.11 Å². The standard InChI is InChI=1S/C11H22N4O/c1-11(2,3)7-9-13-14-10(8-12)15(9)5-6-16-4/h5-8,12H2,1-4H3. The maximum atomic E-state index is 5.64. The molecule has 0 fully saturated rings. The van der Waals surface area contributed by atoms with Crippen molar-refractivity contribution < 1.29 is 4.74 Å². The molecule has 92 valence electrons. The molecule has 1 aromatic heterocycles. The molecule has 0 saturated heterocycles. The maximum Gasteiger partial charge on any atom is 0.146 e. The minimum atomic E-state index is 0.198. The number of nitrogens with two attached hydrogens (primary N) is 1. The van der Waals surface area contributed by atoms with E-state index in [1.807, 2.05) is 0 Å². The Morgan fingerprint density at radius 1 is 1.25 bits per heavy atom. The summed E-state index contributed by atoms with van der Waals surface area (Å²) in [5.74, 6) is 1.82. The van der Waals surface area contributed by atoms with Crippen LogP contribution in [0.4, 0.5) is 0 Å². The van der Waals surface area contributed by atoms with Gasteiger partial charge < -0.3 is 15.0 Å². The van der Waals surface area contributed by atoms with Gasteiger partial charge in [0, 0.05) is 20.1 Å². The molecule has 5 heteroatoms. The Morgan fingerprint density at radius 2 is 1.88 bits per heavy atom. The van der Waals surface area contributed by atoms with Gasteiger partial charge in [0.2, 0.25) is 0 Å². The van der Waals surface area contributed by atoms with Crippen LogP contribution in [0.15, 0.2) is 0 Å². The van der Waals surface area contributed by atoms with Crippen molar-refractivity contribution in [1.29, 1.82) is 0 Å². The van der Waals surface area contributed by atoms with Crippen LogP contribution in [0, 0.1) is 5.41 Å². The third-order valence-electron chi connectivity index (χ3n) is 2.29. The monoisotopic (exact) mass is 226 g/mol. The molecule has 0 bridgehead atoms. The number of aromatic nitrogens is 3. The summed E-state index contributed by atoms with van der Waals surface area (Å²) in [7, 11) is 1.69. The Balaban J connectivity index is 2.86. The largest absolute Gasteiger partial charge is 0.383 e. The highest BCUT2D eigenvalue weighted by Crippen LogP contribution is 2.19. The van der Waals surface area contributed by atoms with E-state index in [1.165, 1.54) is 0 Å². The van der Waals surface area contributed by atoms with Crippen molar-refractivity contribution >= 4 is 0 Å². The minimum Gasteiger partial charge on any atom is -0.383 e. The predicted molar refractivity (Wildman–Crippen MR) is 62.9 cm³/mol. The van der Waals surface area contributed by atoms with Crippen LogP contribution in [-0.4, -0.2) is 28.5 Å². The molecule has 2 N–H and O–H groups in total. The van der Waals surface area contributed by atoms with E-state index in [4.69, 9.17) is 10.5 Å². The first-order valence-corrected chi connectivity index (χ1v) is 5.58. The Morgan fingerprint density at radius 3 is 2.38 bits per heavy atom. The molecule has 1 rings (SSSR count). The van der Waals surface area contributed by atoms with Gasteiger partial charge in [-0.1, -0.05) is 20.8 Å². The third-order valence-corrected chi connectivity index (χ3v) is 2.29. The van der Waals surface area contributed by atoms with Crippen molar-refractivity contribution in [2.24, 2.45) is 11.1 Å². The lowest BCUT2D eigenvalue weighted by Crippen LogP contribution is -2.18. The molecule has 5 nitrogen and oxygen atoms in total. The Hall–Kier alpha value is -0.940. The fraction of sp³-hybridized carbons (Fsp3) is 0.818. The van der Waals surface area contributed by atoms with E-state index in [0.717, 1.165) is 24.6 Å². The van der Waals surface area contributed by atoms with E-state index in [9.17, 15) is 0 Å². The molecule has 0 aliphatic rings. The van der Waals surface area contributed by atoms with Gasteiger partial charge in [0.1, 0.15) is 11.6 Å². The fourth-order valence-corrected chi connectivity index (χ4v) is 1.57. The highest BCUT2D eigenvalue weighted by atomic mass is 16.5. The third kappa shape index (κ3) is 3.57. The molecule has 1 aromatic rings. The zero-order valence-corrected chi connectivity index (χ0v) is 10.7. The van der Waals surface area contributed by atoms with Crippen LogP contribution >= 0.6 is 0 Å². The molecule has 0 spiro atoms. The van der Waals surface area contributed by atoms with Crippen molar-refractivity contribution in [3.05, 3.63) is 11.6 Å². The van der Waals surface area contributed by atoms with E-state index < -0.39 is 0 Å². The summed E-state index contributed by atoms with van der Waals surface area (Å²) >= 11 is 0. The maximum absolute atomic E-state index is 5.64. The lowest BCUT2D eigenvalue weighted by atomic mass is 9.92.